The van der Waals surface area contributed by atoms with Gasteiger partial charge >= 0.3 is 6.18 Å². The molecule has 1 aliphatic rings. The Labute approximate surface area is 185 Å². The van der Waals surface area contributed by atoms with E-state index in [9.17, 15) is 27.9 Å². The van der Waals surface area contributed by atoms with Gasteiger partial charge in [0.15, 0.2) is 11.4 Å². The van der Waals surface area contributed by atoms with Gasteiger partial charge in [0.2, 0.25) is 23.3 Å². The zero-order valence-electron chi connectivity index (χ0n) is 17.6. The highest BCUT2D eigenvalue weighted by atomic mass is 19.4. The number of amides is 2. The number of anilines is 1. The fraction of sp³-hybridized carbons (Fsp3) is 0.429. The standard InChI is InChI=1S/C21H21F3N4O5/c1-12-10-16(27-33-12)26-18(30)13-6-8-28(9-7-13)17(29)11-20(31,21(22,23)24)19-25-14-4-2-3-5-15(14)32-19/h2-5,10,13,31H,6-9,11H2,1H3,(H,26,27,30)/t20-/m0/s1. The van der Waals surface area contributed by atoms with E-state index in [0.717, 1.165) is 0 Å². The minimum absolute atomic E-state index is 0.0657. The number of carbonyl (C=O) groups excluding carboxylic acids is 2. The van der Waals surface area contributed by atoms with Gasteiger partial charge in [0.05, 0.1) is 6.42 Å². The first-order valence-corrected chi connectivity index (χ1v) is 10.2. The molecule has 3 heterocycles. The van der Waals surface area contributed by atoms with Crippen LogP contribution < -0.4 is 5.32 Å². The Kier molecular flexibility index (Phi) is 5.87. The van der Waals surface area contributed by atoms with E-state index in [1.165, 1.54) is 17.0 Å². The molecule has 4 rings (SSSR count). The molecule has 1 saturated heterocycles. The molecule has 1 fully saturated rings. The number of aromatic nitrogens is 2. The number of carbonyl (C=O) groups is 2. The molecule has 1 aromatic carbocycles. The summed E-state index contributed by atoms with van der Waals surface area (Å²) in [6, 6.07) is 7.54. The lowest BCUT2D eigenvalue weighted by Gasteiger charge is -2.34. The van der Waals surface area contributed by atoms with Crippen molar-refractivity contribution in [2.24, 2.45) is 5.92 Å². The fourth-order valence-electron chi connectivity index (χ4n) is 3.72. The van der Waals surface area contributed by atoms with Gasteiger partial charge in [-0.2, -0.15) is 13.2 Å². The number of fused-ring (bicyclic) bond motifs is 1. The molecular formula is C21H21F3N4O5. The number of alkyl halides is 3. The number of likely N-dealkylation sites (tertiary alicyclic amines) is 1. The largest absolute Gasteiger partial charge is 0.437 e. The van der Waals surface area contributed by atoms with E-state index in [1.54, 1.807) is 25.1 Å². The van der Waals surface area contributed by atoms with E-state index in [4.69, 9.17) is 8.94 Å². The van der Waals surface area contributed by atoms with E-state index in [-0.39, 0.29) is 48.8 Å². The number of halogens is 3. The van der Waals surface area contributed by atoms with Gasteiger partial charge in [0.1, 0.15) is 11.3 Å². The van der Waals surface area contributed by atoms with Crippen LogP contribution in [-0.4, -0.2) is 51.2 Å². The maximum absolute atomic E-state index is 13.8. The van der Waals surface area contributed by atoms with Crippen molar-refractivity contribution in [3.63, 3.8) is 0 Å². The lowest BCUT2D eigenvalue weighted by Crippen LogP contribution is -2.49. The number of hydrogen-bond donors (Lipinski definition) is 2. The van der Waals surface area contributed by atoms with Gasteiger partial charge in [-0.05, 0) is 31.9 Å². The average molecular weight is 466 g/mol. The normalized spacial score (nSPS) is 17.2. The summed E-state index contributed by atoms with van der Waals surface area (Å²) in [5.74, 6) is -1.85. The van der Waals surface area contributed by atoms with Gasteiger partial charge in [-0.15, -0.1) is 0 Å². The number of aliphatic hydroxyl groups is 1. The number of para-hydroxylation sites is 2. The van der Waals surface area contributed by atoms with Crippen molar-refractivity contribution in [1.82, 2.24) is 15.0 Å². The number of aryl methyl sites for hydroxylation is 1. The second-order valence-electron chi connectivity index (χ2n) is 7.99. The molecule has 12 heteroatoms. The number of nitrogens with one attached hydrogen (secondary N) is 1. The van der Waals surface area contributed by atoms with Crippen LogP contribution in [-0.2, 0) is 15.2 Å². The number of piperidine rings is 1. The van der Waals surface area contributed by atoms with Crippen LogP contribution in [0.2, 0.25) is 0 Å². The maximum Gasteiger partial charge on any atom is 0.426 e. The molecule has 176 valence electrons. The number of benzene rings is 1. The van der Waals surface area contributed by atoms with Crippen molar-refractivity contribution >= 4 is 28.7 Å². The predicted molar refractivity (Wildman–Crippen MR) is 108 cm³/mol. The fourth-order valence-corrected chi connectivity index (χ4v) is 3.72. The van der Waals surface area contributed by atoms with Gasteiger partial charge in [0.25, 0.3) is 0 Å². The van der Waals surface area contributed by atoms with Gasteiger partial charge in [-0.3, -0.25) is 9.59 Å². The Morgan fingerprint density at radius 2 is 1.94 bits per heavy atom. The third kappa shape index (κ3) is 4.56. The minimum Gasteiger partial charge on any atom is -0.437 e. The molecular weight excluding hydrogens is 445 g/mol. The molecule has 0 aliphatic carbocycles. The third-order valence-corrected chi connectivity index (χ3v) is 5.62. The minimum atomic E-state index is -5.20. The molecule has 9 nitrogen and oxygen atoms in total. The van der Waals surface area contributed by atoms with Crippen LogP contribution in [0.1, 0.15) is 30.9 Å². The Bertz CT molecular complexity index is 1130. The first-order valence-electron chi connectivity index (χ1n) is 10.2. The molecule has 1 atom stereocenters. The number of oxazole rings is 1. The second kappa shape index (κ2) is 8.50. The van der Waals surface area contributed by atoms with Crippen LogP contribution in [0.4, 0.5) is 19.0 Å². The molecule has 1 aliphatic heterocycles. The lowest BCUT2D eigenvalue weighted by atomic mass is 9.93. The molecule has 2 N–H and O–H groups in total. The lowest BCUT2D eigenvalue weighted by molar-refractivity contribution is -0.275. The summed E-state index contributed by atoms with van der Waals surface area (Å²) in [6.45, 7) is 1.81. The Morgan fingerprint density at radius 3 is 2.55 bits per heavy atom. The third-order valence-electron chi connectivity index (χ3n) is 5.62. The summed E-state index contributed by atoms with van der Waals surface area (Å²) >= 11 is 0. The number of nitrogens with zero attached hydrogens (tertiary/aromatic N) is 3. The van der Waals surface area contributed by atoms with E-state index in [2.05, 4.69) is 15.5 Å². The maximum atomic E-state index is 13.8. The van der Waals surface area contributed by atoms with E-state index in [1.807, 2.05) is 0 Å². The average Bonchev–Trinajstić information content (AvgIpc) is 3.39. The highest BCUT2D eigenvalue weighted by Crippen LogP contribution is 2.42. The first kappa shape index (κ1) is 22.8. The molecule has 0 spiro atoms. The highest BCUT2D eigenvalue weighted by Gasteiger charge is 2.60. The molecule has 0 saturated carbocycles. The van der Waals surface area contributed by atoms with Gasteiger partial charge in [0, 0.05) is 25.1 Å². The molecule has 0 unspecified atom stereocenters. The molecule has 33 heavy (non-hydrogen) atoms. The summed E-state index contributed by atoms with van der Waals surface area (Å²) in [5.41, 5.74) is -3.38. The highest BCUT2D eigenvalue weighted by molar-refractivity contribution is 5.91. The first-order chi connectivity index (χ1) is 15.6. The summed E-state index contributed by atoms with van der Waals surface area (Å²) in [7, 11) is 0. The topological polar surface area (TPSA) is 122 Å². The van der Waals surface area contributed by atoms with Crippen LogP contribution in [0, 0.1) is 12.8 Å². The summed E-state index contributed by atoms with van der Waals surface area (Å²) in [4.78, 5) is 30.0. The SMILES string of the molecule is Cc1cc(NC(=O)C2CCN(C(=O)C[C@](O)(c3nc4ccccc4o3)C(F)(F)F)CC2)no1. The number of hydrogen-bond acceptors (Lipinski definition) is 7. The van der Waals surface area contributed by atoms with Crippen molar-refractivity contribution in [1.29, 1.82) is 0 Å². The van der Waals surface area contributed by atoms with Gasteiger partial charge in [-0.1, -0.05) is 17.3 Å². The zero-order chi connectivity index (χ0) is 23.8. The van der Waals surface area contributed by atoms with Crippen LogP contribution in [0.5, 0.6) is 0 Å². The molecule has 0 bridgehead atoms. The van der Waals surface area contributed by atoms with Crippen molar-refractivity contribution in [3.05, 3.63) is 42.0 Å². The van der Waals surface area contributed by atoms with Crippen LogP contribution in [0.25, 0.3) is 11.1 Å². The number of rotatable bonds is 5. The monoisotopic (exact) mass is 466 g/mol. The Morgan fingerprint density at radius 1 is 1.24 bits per heavy atom. The van der Waals surface area contributed by atoms with Gasteiger partial charge in [-0.25, -0.2) is 4.98 Å². The second-order valence-corrected chi connectivity index (χ2v) is 7.99. The summed E-state index contributed by atoms with van der Waals surface area (Å²) in [5, 5.41) is 16.8. The quantitative estimate of drug-likeness (QED) is 0.592. The Balaban J connectivity index is 1.42. The predicted octanol–water partition coefficient (Wildman–Crippen LogP) is 3.14. The summed E-state index contributed by atoms with van der Waals surface area (Å²) in [6.07, 6.45) is -5.97. The van der Waals surface area contributed by atoms with E-state index < -0.39 is 35.9 Å². The zero-order valence-corrected chi connectivity index (χ0v) is 17.6. The van der Waals surface area contributed by atoms with E-state index >= 15 is 0 Å². The molecule has 2 aromatic heterocycles. The smallest absolute Gasteiger partial charge is 0.426 e. The molecule has 3 aromatic rings. The van der Waals surface area contributed by atoms with Crippen LogP contribution in [0.15, 0.2) is 39.3 Å². The molecule has 2 amide bonds. The van der Waals surface area contributed by atoms with Crippen molar-refractivity contribution in [3.8, 4) is 0 Å². The van der Waals surface area contributed by atoms with E-state index in [0.29, 0.717) is 5.76 Å². The van der Waals surface area contributed by atoms with Crippen LogP contribution in [0.3, 0.4) is 0 Å². The van der Waals surface area contributed by atoms with Crippen molar-refractivity contribution in [2.75, 3.05) is 18.4 Å². The Hall–Kier alpha value is -3.41. The van der Waals surface area contributed by atoms with Crippen molar-refractivity contribution in [2.45, 2.75) is 38.0 Å². The van der Waals surface area contributed by atoms with Crippen molar-refractivity contribution < 1.29 is 36.8 Å². The van der Waals surface area contributed by atoms with Crippen LogP contribution >= 0.6 is 0 Å². The molecule has 0 radical (unpaired) electrons. The summed E-state index contributed by atoms with van der Waals surface area (Å²) < 4.78 is 51.5. The van der Waals surface area contributed by atoms with Gasteiger partial charge < -0.3 is 24.3 Å².